The molecule has 0 fully saturated rings. The molecule has 0 aliphatic rings. The minimum absolute atomic E-state index is 0.105. The van der Waals surface area contributed by atoms with Crippen LogP contribution < -0.4 is 5.73 Å². The van der Waals surface area contributed by atoms with Crippen LogP contribution in [0.1, 0.15) is 28.3 Å². The van der Waals surface area contributed by atoms with Crippen LogP contribution in [0.25, 0.3) is 0 Å². The Kier molecular flexibility index (Phi) is 4.56. The first-order valence-corrected chi connectivity index (χ1v) is 7.79. The van der Waals surface area contributed by atoms with E-state index in [9.17, 15) is 0 Å². The van der Waals surface area contributed by atoms with E-state index in [-0.39, 0.29) is 6.04 Å². The second kappa shape index (κ2) is 6.00. The lowest BCUT2D eigenvalue weighted by molar-refractivity contribution is 0.858. The Balaban J connectivity index is 2.37. The maximum atomic E-state index is 6.38. The van der Waals surface area contributed by atoms with E-state index in [4.69, 9.17) is 17.3 Å². The first-order valence-electron chi connectivity index (χ1n) is 6.19. The number of rotatable bonds is 3. The van der Waals surface area contributed by atoms with E-state index in [0.717, 1.165) is 27.3 Å². The zero-order chi connectivity index (χ0) is 14.0. The molecule has 0 heterocycles. The Hall–Kier alpha value is -0.960. The van der Waals surface area contributed by atoms with Gasteiger partial charge in [-0.1, -0.05) is 29.8 Å². The number of nitrogens with two attached hydrogens (primary N) is 1. The minimum Gasteiger partial charge on any atom is -0.320 e. The molecule has 2 N–H and O–H groups in total. The summed E-state index contributed by atoms with van der Waals surface area (Å²) < 4.78 is 0. The highest BCUT2D eigenvalue weighted by Gasteiger charge is 2.13. The Morgan fingerprint density at radius 1 is 1.05 bits per heavy atom. The lowest BCUT2D eigenvalue weighted by Crippen LogP contribution is -2.13. The van der Waals surface area contributed by atoms with Crippen molar-refractivity contribution in [3.63, 3.8) is 0 Å². The summed E-state index contributed by atoms with van der Waals surface area (Å²) in [5.74, 6) is 0. The van der Waals surface area contributed by atoms with Gasteiger partial charge in [0.05, 0.1) is 6.04 Å². The zero-order valence-corrected chi connectivity index (χ0v) is 13.0. The maximum absolute atomic E-state index is 6.38. The third-order valence-electron chi connectivity index (χ3n) is 3.36. The predicted octanol–water partition coefficient (Wildman–Crippen LogP) is 4.73. The molecule has 0 aliphatic carbocycles. The van der Waals surface area contributed by atoms with Gasteiger partial charge in [-0.15, -0.1) is 11.8 Å². The Bertz CT molecular complexity index is 578. The van der Waals surface area contributed by atoms with Gasteiger partial charge in [-0.2, -0.15) is 0 Å². The topological polar surface area (TPSA) is 26.0 Å². The SMILES string of the molecule is CSc1ccc(C(N)c2cc(C)c(Cl)cc2C)cc1. The molecule has 19 heavy (non-hydrogen) atoms. The molecule has 0 bridgehead atoms. The molecule has 2 aromatic rings. The largest absolute Gasteiger partial charge is 0.320 e. The standard InChI is InChI=1S/C16H18ClNS/c1-10-9-15(17)11(2)8-14(10)16(18)12-4-6-13(19-3)7-5-12/h4-9,16H,18H2,1-3H3. The molecule has 2 aromatic carbocycles. The van der Waals surface area contributed by atoms with Gasteiger partial charge in [0.15, 0.2) is 0 Å². The lowest BCUT2D eigenvalue weighted by Gasteiger charge is -2.17. The van der Waals surface area contributed by atoms with Gasteiger partial charge in [-0.25, -0.2) is 0 Å². The normalized spacial score (nSPS) is 12.5. The van der Waals surface area contributed by atoms with Crippen molar-refractivity contribution in [2.45, 2.75) is 24.8 Å². The number of halogens is 1. The van der Waals surface area contributed by atoms with E-state index in [1.165, 1.54) is 4.90 Å². The van der Waals surface area contributed by atoms with Gasteiger partial charge in [0.2, 0.25) is 0 Å². The van der Waals surface area contributed by atoms with Crippen LogP contribution >= 0.6 is 23.4 Å². The second-order valence-electron chi connectivity index (χ2n) is 4.71. The quantitative estimate of drug-likeness (QED) is 0.828. The number of hydrogen-bond donors (Lipinski definition) is 1. The molecule has 1 atom stereocenters. The zero-order valence-electron chi connectivity index (χ0n) is 11.4. The molecule has 0 amide bonds. The fourth-order valence-electron chi connectivity index (χ4n) is 2.13. The fraction of sp³-hybridized carbons (Fsp3) is 0.250. The third kappa shape index (κ3) is 3.14. The third-order valence-corrected chi connectivity index (χ3v) is 4.51. The van der Waals surface area contributed by atoms with Crippen LogP contribution in [0, 0.1) is 13.8 Å². The highest BCUT2D eigenvalue weighted by atomic mass is 35.5. The number of hydrogen-bond acceptors (Lipinski definition) is 2. The molecule has 1 unspecified atom stereocenters. The van der Waals surface area contributed by atoms with Crippen molar-refractivity contribution >= 4 is 23.4 Å². The molecule has 0 saturated heterocycles. The van der Waals surface area contributed by atoms with Crippen LogP contribution in [0.15, 0.2) is 41.3 Å². The van der Waals surface area contributed by atoms with Crippen LogP contribution in [-0.2, 0) is 0 Å². The lowest BCUT2D eigenvalue weighted by atomic mass is 9.94. The van der Waals surface area contributed by atoms with Crippen LogP contribution in [-0.4, -0.2) is 6.26 Å². The summed E-state index contributed by atoms with van der Waals surface area (Å²) in [5.41, 5.74) is 10.8. The van der Waals surface area contributed by atoms with Crippen molar-refractivity contribution in [2.24, 2.45) is 5.73 Å². The molecule has 0 radical (unpaired) electrons. The second-order valence-corrected chi connectivity index (χ2v) is 6.00. The van der Waals surface area contributed by atoms with E-state index in [1.807, 2.05) is 13.0 Å². The van der Waals surface area contributed by atoms with E-state index in [1.54, 1.807) is 11.8 Å². The first kappa shape index (κ1) is 14.4. The van der Waals surface area contributed by atoms with Crippen molar-refractivity contribution in [3.8, 4) is 0 Å². The van der Waals surface area contributed by atoms with Crippen molar-refractivity contribution < 1.29 is 0 Å². The Labute approximate surface area is 124 Å². The highest BCUT2D eigenvalue weighted by molar-refractivity contribution is 7.98. The van der Waals surface area contributed by atoms with Crippen molar-refractivity contribution in [1.29, 1.82) is 0 Å². The highest BCUT2D eigenvalue weighted by Crippen LogP contribution is 2.28. The van der Waals surface area contributed by atoms with Crippen LogP contribution in [0.4, 0.5) is 0 Å². The molecule has 0 aliphatic heterocycles. The Morgan fingerprint density at radius 3 is 2.26 bits per heavy atom. The Morgan fingerprint density at radius 2 is 1.68 bits per heavy atom. The summed E-state index contributed by atoms with van der Waals surface area (Å²) in [6, 6.07) is 12.4. The molecular weight excluding hydrogens is 274 g/mol. The molecular formula is C16H18ClNS. The van der Waals surface area contributed by atoms with Gasteiger partial charge < -0.3 is 5.73 Å². The van der Waals surface area contributed by atoms with Gasteiger partial charge >= 0.3 is 0 Å². The van der Waals surface area contributed by atoms with Crippen LogP contribution in [0.3, 0.4) is 0 Å². The monoisotopic (exact) mass is 291 g/mol. The maximum Gasteiger partial charge on any atom is 0.0554 e. The van der Waals surface area contributed by atoms with Gasteiger partial charge in [0, 0.05) is 9.92 Å². The summed E-state index contributed by atoms with van der Waals surface area (Å²) in [5, 5.41) is 0.797. The molecule has 1 nitrogen and oxygen atoms in total. The predicted molar refractivity (Wildman–Crippen MR) is 85.2 cm³/mol. The van der Waals surface area contributed by atoms with E-state index < -0.39 is 0 Å². The van der Waals surface area contributed by atoms with Crippen molar-refractivity contribution in [3.05, 3.63) is 63.7 Å². The van der Waals surface area contributed by atoms with Crippen molar-refractivity contribution in [2.75, 3.05) is 6.26 Å². The summed E-state index contributed by atoms with van der Waals surface area (Å²) in [6.07, 6.45) is 2.07. The summed E-state index contributed by atoms with van der Waals surface area (Å²) in [4.78, 5) is 1.25. The average Bonchev–Trinajstić information content (AvgIpc) is 2.42. The van der Waals surface area contributed by atoms with E-state index in [2.05, 4.69) is 43.5 Å². The van der Waals surface area contributed by atoms with E-state index >= 15 is 0 Å². The van der Waals surface area contributed by atoms with Crippen LogP contribution in [0.5, 0.6) is 0 Å². The number of aryl methyl sites for hydroxylation is 2. The molecule has 0 spiro atoms. The van der Waals surface area contributed by atoms with Gasteiger partial charge in [-0.05, 0) is 60.6 Å². The molecule has 3 heteroatoms. The summed E-state index contributed by atoms with van der Waals surface area (Å²) in [6.45, 7) is 4.06. The smallest absolute Gasteiger partial charge is 0.0554 e. The summed E-state index contributed by atoms with van der Waals surface area (Å²) >= 11 is 7.87. The molecule has 2 rings (SSSR count). The van der Waals surface area contributed by atoms with E-state index in [0.29, 0.717) is 0 Å². The fourth-order valence-corrected chi connectivity index (χ4v) is 2.76. The minimum atomic E-state index is -0.105. The van der Waals surface area contributed by atoms with Gasteiger partial charge in [0.1, 0.15) is 0 Å². The van der Waals surface area contributed by atoms with Crippen molar-refractivity contribution in [1.82, 2.24) is 0 Å². The molecule has 100 valence electrons. The summed E-state index contributed by atoms with van der Waals surface area (Å²) in [7, 11) is 0. The molecule has 0 aromatic heterocycles. The average molecular weight is 292 g/mol. The van der Waals surface area contributed by atoms with Crippen LogP contribution in [0.2, 0.25) is 5.02 Å². The molecule has 0 saturated carbocycles. The van der Waals surface area contributed by atoms with Gasteiger partial charge in [0.25, 0.3) is 0 Å². The van der Waals surface area contributed by atoms with Gasteiger partial charge in [-0.3, -0.25) is 0 Å². The number of thioether (sulfide) groups is 1. The first-order chi connectivity index (χ1) is 9.02. The number of benzene rings is 2.